The molecule has 1 unspecified atom stereocenters. The summed E-state index contributed by atoms with van der Waals surface area (Å²) in [5.41, 5.74) is 0.776. The van der Waals surface area contributed by atoms with E-state index < -0.39 is 0 Å². The van der Waals surface area contributed by atoms with Crippen molar-refractivity contribution in [3.8, 4) is 0 Å². The molecule has 5 nitrogen and oxygen atoms in total. The first kappa shape index (κ1) is 14.5. The maximum Gasteiger partial charge on any atom is 0.275 e. The summed E-state index contributed by atoms with van der Waals surface area (Å²) in [6.45, 7) is 4.26. The van der Waals surface area contributed by atoms with Crippen molar-refractivity contribution >= 4 is 21.4 Å². The topological polar surface area (TPSA) is 59.3 Å². The summed E-state index contributed by atoms with van der Waals surface area (Å²) < 4.78 is 1.40. The van der Waals surface area contributed by atoms with Gasteiger partial charge in [0.05, 0.1) is 0 Å². The van der Waals surface area contributed by atoms with Crippen molar-refractivity contribution in [3.05, 3.63) is 22.1 Å². The molecule has 114 valence electrons. The zero-order chi connectivity index (χ0) is 14.8. The highest BCUT2D eigenvalue weighted by Crippen LogP contribution is 2.34. The maximum absolute atomic E-state index is 12.0. The van der Waals surface area contributed by atoms with Crippen LogP contribution in [0.1, 0.15) is 51.6 Å². The largest absolute Gasteiger partial charge is 0.358 e. The Morgan fingerprint density at radius 1 is 1.52 bits per heavy atom. The summed E-state index contributed by atoms with van der Waals surface area (Å²) in [6.07, 6.45) is 7.07. The Labute approximate surface area is 128 Å². The van der Waals surface area contributed by atoms with E-state index in [0.29, 0.717) is 11.0 Å². The van der Waals surface area contributed by atoms with Gasteiger partial charge in [0, 0.05) is 17.8 Å². The molecule has 6 heteroatoms. The SMILES string of the molecule is CCCc1cc(=O)n2nc(NC(C)CCC3CC3)sc2n1. The van der Waals surface area contributed by atoms with E-state index in [1.165, 1.54) is 35.1 Å². The fraction of sp³-hybridized carbons (Fsp3) is 0.667. The number of rotatable bonds is 7. The third-order valence-corrected chi connectivity index (χ3v) is 4.72. The average molecular weight is 306 g/mol. The van der Waals surface area contributed by atoms with E-state index >= 15 is 0 Å². The van der Waals surface area contributed by atoms with Gasteiger partial charge in [-0.1, -0.05) is 37.5 Å². The Balaban J connectivity index is 1.73. The van der Waals surface area contributed by atoms with Crippen molar-refractivity contribution in [1.29, 1.82) is 0 Å². The Morgan fingerprint density at radius 3 is 3.05 bits per heavy atom. The van der Waals surface area contributed by atoms with Gasteiger partial charge < -0.3 is 5.32 Å². The molecule has 0 spiro atoms. The molecule has 0 aliphatic heterocycles. The molecule has 0 bridgehead atoms. The van der Waals surface area contributed by atoms with Crippen LogP contribution in [0.4, 0.5) is 5.13 Å². The molecule has 1 N–H and O–H groups in total. The van der Waals surface area contributed by atoms with Gasteiger partial charge in [-0.15, -0.1) is 5.10 Å². The number of hydrogen-bond acceptors (Lipinski definition) is 5. The quantitative estimate of drug-likeness (QED) is 0.854. The van der Waals surface area contributed by atoms with Gasteiger partial charge in [-0.05, 0) is 32.1 Å². The highest BCUT2D eigenvalue weighted by Gasteiger charge is 2.21. The second-order valence-corrected chi connectivity index (χ2v) is 6.96. The first-order valence-corrected chi connectivity index (χ1v) is 8.63. The predicted octanol–water partition coefficient (Wildman–Crippen LogP) is 3.09. The third kappa shape index (κ3) is 3.61. The van der Waals surface area contributed by atoms with Crippen LogP contribution in [0.5, 0.6) is 0 Å². The number of nitrogens with zero attached hydrogens (tertiary/aromatic N) is 3. The zero-order valence-corrected chi connectivity index (χ0v) is 13.4. The summed E-state index contributed by atoms with van der Waals surface area (Å²) in [5, 5.41) is 8.53. The van der Waals surface area contributed by atoms with Gasteiger partial charge >= 0.3 is 0 Å². The molecular weight excluding hydrogens is 284 g/mol. The highest BCUT2D eigenvalue weighted by atomic mass is 32.1. The van der Waals surface area contributed by atoms with Crippen LogP contribution in [0.3, 0.4) is 0 Å². The predicted molar refractivity (Wildman–Crippen MR) is 86.2 cm³/mol. The molecule has 3 rings (SSSR count). The Kier molecular flexibility index (Phi) is 4.24. The van der Waals surface area contributed by atoms with Crippen molar-refractivity contribution in [2.24, 2.45) is 5.92 Å². The van der Waals surface area contributed by atoms with E-state index in [4.69, 9.17) is 0 Å². The second-order valence-electron chi connectivity index (χ2n) is 6.00. The maximum atomic E-state index is 12.0. The Bertz CT molecular complexity index is 674. The van der Waals surface area contributed by atoms with E-state index in [-0.39, 0.29) is 5.56 Å². The summed E-state index contributed by atoms with van der Waals surface area (Å²) in [4.78, 5) is 17.2. The summed E-state index contributed by atoms with van der Waals surface area (Å²) in [7, 11) is 0. The van der Waals surface area contributed by atoms with Gasteiger partial charge in [0.25, 0.3) is 5.56 Å². The minimum absolute atomic E-state index is 0.0848. The Morgan fingerprint density at radius 2 is 2.33 bits per heavy atom. The van der Waals surface area contributed by atoms with Gasteiger partial charge in [-0.25, -0.2) is 4.98 Å². The van der Waals surface area contributed by atoms with Gasteiger partial charge in [-0.3, -0.25) is 4.79 Å². The molecule has 0 saturated heterocycles. The van der Waals surface area contributed by atoms with Gasteiger partial charge in [0.1, 0.15) is 0 Å². The third-order valence-electron chi connectivity index (χ3n) is 3.88. The highest BCUT2D eigenvalue weighted by molar-refractivity contribution is 7.20. The molecule has 0 aromatic carbocycles. The van der Waals surface area contributed by atoms with E-state index in [2.05, 4.69) is 29.2 Å². The molecule has 1 aliphatic rings. The molecule has 2 heterocycles. The first-order valence-electron chi connectivity index (χ1n) is 7.82. The van der Waals surface area contributed by atoms with E-state index in [9.17, 15) is 4.79 Å². The monoisotopic (exact) mass is 306 g/mol. The lowest BCUT2D eigenvalue weighted by molar-refractivity contribution is 0.609. The molecule has 21 heavy (non-hydrogen) atoms. The number of hydrogen-bond donors (Lipinski definition) is 1. The average Bonchev–Trinajstić information content (AvgIpc) is 3.17. The number of aryl methyl sites for hydroxylation is 1. The molecule has 0 radical (unpaired) electrons. The van der Waals surface area contributed by atoms with Crippen LogP contribution in [0.25, 0.3) is 4.96 Å². The van der Waals surface area contributed by atoms with Gasteiger partial charge in [0.15, 0.2) is 0 Å². The standard InChI is InChI=1S/C15H22N4OS/c1-3-4-12-9-13(20)19-15(17-12)21-14(18-19)16-10(2)5-6-11-7-8-11/h9-11H,3-8H2,1-2H3,(H,16,18). The molecular formula is C15H22N4OS. The molecule has 1 atom stereocenters. The number of aromatic nitrogens is 3. The normalized spacial score (nSPS) is 16.3. The van der Waals surface area contributed by atoms with Crippen molar-refractivity contribution in [1.82, 2.24) is 14.6 Å². The zero-order valence-electron chi connectivity index (χ0n) is 12.6. The number of nitrogens with one attached hydrogen (secondary N) is 1. The van der Waals surface area contributed by atoms with E-state index in [1.54, 1.807) is 6.07 Å². The fourth-order valence-electron chi connectivity index (χ4n) is 2.47. The van der Waals surface area contributed by atoms with Crippen molar-refractivity contribution < 1.29 is 0 Å². The van der Waals surface area contributed by atoms with Gasteiger partial charge in [-0.2, -0.15) is 4.52 Å². The fourth-order valence-corrected chi connectivity index (χ4v) is 3.41. The van der Waals surface area contributed by atoms with Crippen LogP contribution in [-0.4, -0.2) is 20.6 Å². The van der Waals surface area contributed by atoms with Crippen molar-refractivity contribution in [3.63, 3.8) is 0 Å². The molecule has 1 fully saturated rings. The molecule has 2 aromatic rings. The lowest BCUT2D eigenvalue weighted by Gasteiger charge is -2.11. The van der Waals surface area contributed by atoms with Crippen LogP contribution < -0.4 is 10.9 Å². The van der Waals surface area contributed by atoms with E-state index in [1.807, 2.05) is 0 Å². The molecule has 2 aromatic heterocycles. The summed E-state index contributed by atoms with van der Waals surface area (Å²) >= 11 is 1.46. The minimum atomic E-state index is -0.0848. The van der Waals surface area contributed by atoms with Crippen LogP contribution in [-0.2, 0) is 6.42 Å². The number of fused-ring (bicyclic) bond motifs is 1. The van der Waals surface area contributed by atoms with Gasteiger partial charge in [0.2, 0.25) is 10.1 Å². The smallest absolute Gasteiger partial charge is 0.275 e. The lowest BCUT2D eigenvalue weighted by atomic mass is 10.1. The Hall–Kier alpha value is -1.43. The molecule has 1 saturated carbocycles. The minimum Gasteiger partial charge on any atom is -0.358 e. The first-order chi connectivity index (χ1) is 10.2. The molecule has 0 amide bonds. The second kappa shape index (κ2) is 6.13. The van der Waals surface area contributed by atoms with Crippen LogP contribution >= 0.6 is 11.3 Å². The van der Waals surface area contributed by atoms with Crippen molar-refractivity contribution in [2.45, 2.75) is 58.4 Å². The van der Waals surface area contributed by atoms with Crippen LogP contribution in [0.15, 0.2) is 10.9 Å². The lowest BCUT2D eigenvalue weighted by Crippen LogP contribution is -2.17. The van der Waals surface area contributed by atoms with E-state index in [0.717, 1.165) is 36.0 Å². The van der Waals surface area contributed by atoms with Crippen molar-refractivity contribution in [2.75, 3.05) is 5.32 Å². The summed E-state index contributed by atoms with van der Waals surface area (Å²) in [6, 6.07) is 1.98. The number of anilines is 1. The summed E-state index contributed by atoms with van der Waals surface area (Å²) in [5.74, 6) is 0.950. The van der Waals surface area contributed by atoms with Crippen LogP contribution in [0, 0.1) is 5.92 Å². The van der Waals surface area contributed by atoms with Crippen LogP contribution in [0.2, 0.25) is 0 Å². The molecule has 1 aliphatic carbocycles.